The quantitative estimate of drug-likeness (QED) is 0.878. The Bertz CT molecular complexity index is 656. The van der Waals surface area contributed by atoms with E-state index in [9.17, 15) is 14.0 Å². The van der Waals surface area contributed by atoms with Gasteiger partial charge in [-0.3, -0.25) is 4.79 Å². The monoisotopic (exact) mass is 375 g/mol. The van der Waals surface area contributed by atoms with Crippen LogP contribution >= 0.6 is 0 Å². The molecule has 3 amide bonds. The third-order valence-electron chi connectivity index (χ3n) is 5.86. The molecule has 27 heavy (non-hydrogen) atoms. The predicted octanol–water partition coefficient (Wildman–Crippen LogP) is 3.33. The van der Waals surface area contributed by atoms with Crippen LogP contribution in [0.4, 0.5) is 9.18 Å². The number of benzene rings is 1. The number of aryl methyl sites for hydroxylation is 1. The van der Waals surface area contributed by atoms with Gasteiger partial charge in [-0.15, -0.1) is 0 Å². The SMILES string of the molecule is CC(=O)NC1CCN(C(=O)N2[C@@H](CCc3ccc(F)cc3)CC[C@H]2C)CC1. The van der Waals surface area contributed by atoms with Gasteiger partial charge in [0.05, 0.1) is 0 Å². The highest BCUT2D eigenvalue weighted by Crippen LogP contribution is 2.29. The Kier molecular flexibility index (Phi) is 6.34. The highest BCUT2D eigenvalue weighted by Gasteiger charge is 2.37. The van der Waals surface area contributed by atoms with Gasteiger partial charge in [0.1, 0.15) is 5.82 Å². The van der Waals surface area contributed by atoms with Crippen LogP contribution < -0.4 is 5.32 Å². The Balaban J connectivity index is 1.55. The van der Waals surface area contributed by atoms with Crippen molar-refractivity contribution in [3.8, 4) is 0 Å². The van der Waals surface area contributed by atoms with E-state index >= 15 is 0 Å². The highest BCUT2D eigenvalue weighted by atomic mass is 19.1. The number of halogens is 1. The Morgan fingerprint density at radius 2 is 1.78 bits per heavy atom. The van der Waals surface area contributed by atoms with Crippen LogP contribution in [-0.2, 0) is 11.2 Å². The molecule has 0 spiro atoms. The molecule has 1 aromatic rings. The lowest BCUT2D eigenvalue weighted by molar-refractivity contribution is -0.119. The number of hydrogen-bond acceptors (Lipinski definition) is 2. The summed E-state index contributed by atoms with van der Waals surface area (Å²) in [7, 11) is 0. The molecule has 2 heterocycles. The summed E-state index contributed by atoms with van der Waals surface area (Å²) in [5.41, 5.74) is 1.11. The lowest BCUT2D eigenvalue weighted by Crippen LogP contribution is -2.53. The van der Waals surface area contributed by atoms with E-state index in [1.165, 1.54) is 19.1 Å². The van der Waals surface area contributed by atoms with Crippen LogP contribution in [0.25, 0.3) is 0 Å². The number of hydrogen-bond donors (Lipinski definition) is 1. The summed E-state index contributed by atoms with van der Waals surface area (Å²) in [6, 6.07) is 7.44. The molecule has 0 aromatic heterocycles. The van der Waals surface area contributed by atoms with Crippen molar-refractivity contribution in [3.05, 3.63) is 35.6 Å². The molecule has 0 saturated carbocycles. The van der Waals surface area contributed by atoms with Crippen molar-refractivity contribution in [1.82, 2.24) is 15.1 Å². The second-order valence-corrected chi connectivity index (χ2v) is 7.90. The molecule has 2 aliphatic rings. The van der Waals surface area contributed by atoms with Crippen molar-refractivity contribution >= 4 is 11.9 Å². The van der Waals surface area contributed by atoms with E-state index in [2.05, 4.69) is 17.1 Å². The zero-order valence-corrected chi connectivity index (χ0v) is 16.3. The molecule has 0 radical (unpaired) electrons. The second-order valence-electron chi connectivity index (χ2n) is 7.90. The minimum Gasteiger partial charge on any atom is -0.353 e. The largest absolute Gasteiger partial charge is 0.353 e. The Morgan fingerprint density at radius 3 is 2.41 bits per heavy atom. The standard InChI is InChI=1S/C21H30FN3O2/c1-15-3-9-20(10-6-17-4-7-18(22)8-5-17)25(15)21(27)24-13-11-19(12-14-24)23-16(2)26/h4-5,7-8,15,19-20H,3,6,9-14H2,1-2H3,(H,23,26)/t15-,20-/m1/s1. The van der Waals surface area contributed by atoms with Gasteiger partial charge in [-0.1, -0.05) is 12.1 Å². The number of piperidine rings is 1. The van der Waals surface area contributed by atoms with Crippen molar-refractivity contribution < 1.29 is 14.0 Å². The van der Waals surface area contributed by atoms with Gasteiger partial charge < -0.3 is 15.1 Å². The predicted molar refractivity (Wildman–Crippen MR) is 103 cm³/mol. The van der Waals surface area contributed by atoms with Crippen molar-refractivity contribution in [3.63, 3.8) is 0 Å². The van der Waals surface area contributed by atoms with Crippen LogP contribution in [0.2, 0.25) is 0 Å². The fraction of sp³-hybridized carbons (Fsp3) is 0.619. The van der Waals surface area contributed by atoms with E-state index < -0.39 is 0 Å². The van der Waals surface area contributed by atoms with E-state index in [1.54, 1.807) is 0 Å². The summed E-state index contributed by atoms with van der Waals surface area (Å²) in [6.45, 7) is 5.05. The number of likely N-dealkylation sites (tertiary alicyclic amines) is 2. The van der Waals surface area contributed by atoms with Gasteiger partial charge in [0.15, 0.2) is 0 Å². The molecule has 0 aliphatic carbocycles. The molecule has 3 rings (SSSR count). The molecule has 1 N–H and O–H groups in total. The number of carbonyl (C=O) groups is 2. The Labute approximate surface area is 160 Å². The average Bonchev–Trinajstić information content (AvgIpc) is 3.01. The molecule has 148 valence electrons. The van der Waals surface area contributed by atoms with Gasteiger partial charge >= 0.3 is 6.03 Å². The maximum absolute atomic E-state index is 13.1. The van der Waals surface area contributed by atoms with Crippen LogP contribution in [0.3, 0.4) is 0 Å². The number of rotatable bonds is 4. The normalized spacial score (nSPS) is 23.5. The molecule has 2 fully saturated rings. The first-order valence-electron chi connectivity index (χ1n) is 10.0. The summed E-state index contributed by atoms with van der Waals surface area (Å²) >= 11 is 0. The van der Waals surface area contributed by atoms with Crippen molar-refractivity contribution in [1.29, 1.82) is 0 Å². The van der Waals surface area contributed by atoms with Crippen LogP contribution in [-0.4, -0.2) is 53.0 Å². The number of amides is 3. The molecular formula is C21H30FN3O2. The maximum atomic E-state index is 13.1. The van der Waals surface area contributed by atoms with Crippen molar-refractivity contribution in [2.45, 2.75) is 70.5 Å². The molecule has 6 heteroatoms. The van der Waals surface area contributed by atoms with Crippen molar-refractivity contribution in [2.75, 3.05) is 13.1 Å². The van der Waals surface area contributed by atoms with E-state index in [0.29, 0.717) is 13.1 Å². The number of urea groups is 1. The fourth-order valence-corrected chi connectivity index (χ4v) is 4.35. The summed E-state index contributed by atoms with van der Waals surface area (Å²) in [5, 5.41) is 2.95. The van der Waals surface area contributed by atoms with Gasteiger partial charge in [0.25, 0.3) is 0 Å². The molecule has 5 nitrogen and oxygen atoms in total. The maximum Gasteiger partial charge on any atom is 0.320 e. The topological polar surface area (TPSA) is 52.7 Å². The summed E-state index contributed by atoms with van der Waals surface area (Å²) in [4.78, 5) is 28.3. The van der Waals surface area contributed by atoms with Gasteiger partial charge in [0.2, 0.25) is 5.91 Å². The first kappa shape index (κ1) is 19.6. The summed E-state index contributed by atoms with van der Waals surface area (Å²) < 4.78 is 13.1. The first-order chi connectivity index (χ1) is 12.9. The van der Waals surface area contributed by atoms with E-state index in [-0.39, 0.29) is 35.9 Å². The van der Waals surface area contributed by atoms with Gasteiger partial charge in [-0.2, -0.15) is 0 Å². The Morgan fingerprint density at radius 1 is 1.11 bits per heavy atom. The smallest absolute Gasteiger partial charge is 0.320 e. The Hall–Kier alpha value is -2.11. The molecule has 0 bridgehead atoms. The highest BCUT2D eigenvalue weighted by molar-refractivity contribution is 5.76. The van der Waals surface area contributed by atoms with Gasteiger partial charge in [0, 0.05) is 38.1 Å². The molecule has 0 unspecified atom stereocenters. The summed E-state index contributed by atoms with van der Waals surface area (Å²) in [5.74, 6) is -0.221. The van der Waals surface area contributed by atoms with E-state index in [0.717, 1.165) is 44.1 Å². The van der Waals surface area contributed by atoms with Crippen LogP contribution in [0.5, 0.6) is 0 Å². The zero-order valence-electron chi connectivity index (χ0n) is 16.3. The fourth-order valence-electron chi connectivity index (χ4n) is 4.35. The van der Waals surface area contributed by atoms with E-state index in [1.807, 2.05) is 17.0 Å². The second kappa shape index (κ2) is 8.72. The lowest BCUT2D eigenvalue weighted by Gasteiger charge is -2.38. The van der Waals surface area contributed by atoms with E-state index in [4.69, 9.17) is 0 Å². The molecule has 2 saturated heterocycles. The minimum absolute atomic E-state index is 0.00574. The molecule has 2 aliphatic heterocycles. The third kappa shape index (κ3) is 4.99. The molecular weight excluding hydrogens is 345 g/mol. The van der Waals surface area contributed by atoms with Gasteiger partial charge in [-0.25, -0.2) is 9.18 Å². The van der Waals surface area contributed by atoms with Crippen LogP contribution in [0.1, 0.15) is 51.5 Å². The molecule has 1 aromatic carbocycles. The van der Waals surface area contributed by atoms with Crippen LogP contribution in [0, 0.1) is 5.82 Å². The summed E-state index contributed by atoms with van der Waals surface area (Å²) in [6.07, 6.45) is 5.44. The van der Waals surface area contributed by atoms with Crippen molar-refractivity contribution in [2.24, 2.45) is 0 Å². The van der Waals surface area contributed by atoms with Gasteiger partial charge in [-0.05, 0) is 63.1 Å². The molecule has 2 atom stereocenters. The number of nitrogens with one attached hydrogen (secondary N) is 1. The van der Waals surface area contributed by atoms with Crippen LogP contribution in [0.15, 0.2) is 24.3 Å². The third-order valence-corrected chi connectivity index (χ3v) is 5.86. The lowest BCUT2D eigenvalue weighted by atomic mass is 10.0. The number of nitrogens with zero attached hydrogens (tertiary/aromatic N) is 2. The first-order valence-corrected chi connectivity index (χ1v) is 10.0. The number of carbonyl (C=O) groups excluding carboxylic acids is 2. The zero-order chi connectivity index (χ0) is 19.4. The average molecular weight is 375 g/mol. The minimum atomic E-state index is -0.215.